The predicted molar refractivity (Wildman–Crippen MR) is 65.6 cm³/mol. The maximum absolute atomic E-state index is 11.1. The van der Waals surface area contributed by atoms with Gasteiger partial charge in [-0.05, 0) is 24.6 Å². The minimum Gasteiger partial charge on any atom is -0.309 e. The first-order valence-electron chi connectivity index (χ1n) is 5.53. The highest BCUT2D eigenvalue weighted by Crippen LogP contribution is 2.16. The predicted octanol–water partition coefficient (Wildman–Crippen LogP) is 1.42. The lowest BCUT2D eigenvalue weighted by Crippen LogP contribution is -2.19. The Morgan fingerprint density at radius 3 is 2.94 bits per heavy atom. The Bertz CT molecular complexity index is 605. The normalized spacial score (nSPS) is 12.5. The molecule has 17 heavy (non-hydrogen) atoms. The molecular weight excluding hydrogens is 216 g/mol. The van der Waals surface area contributed by atoms with Gasteiger partial charge in [0, 0.05) is 19.0 Å². The van der Waals surface area contributed by atoms with Crippen molar-refractivity contribution in [3.8, 4) is 6.07 Å². The van der Waals surface area contributed by atoms with Crippen molar-refractivity contribution in [3.05, 3.63) is 34.2 Å². The van der Waals surface area contributed by atoms with E-state index in [2.05, 4.69) is 21.4 Å². The number of hydrogen-bond acceptors (Lipinski definition) is 3. The van der Waals surface area contributed by atoms with Crippen LogP contribution in [0.25, 0.3) is 11.0 Å². The fraction of sp³-hybridized carbons (Fsp3) is 0.333. The van der Waals surface area contributed by atoms with Gasteiger partial charge in [0.1, 0.15) is 0 Å². The van der Waals surface area contributed by atoms with E-state index in [1.165, 1.54) is 0 Å². The highest BCUT2D eigenvalue weighted by Gasteiger charge is 2.06. The van der Waals surface area contributed by atoms with Gasteiger partial charge in [-0.15, -0.1) is 0 Å². The number of H-pyrrole nitrogens is 2. The van der Waals surface area contributed by atoms with Gasteiger partial charge in [0.25, 0.3) is 0 Å². The van der Waals surface area contributed by atoms with Crippen molar-refractivity contribution >= 4 is 11.0 Å². The van der Waals surface area contributed by atoms with Crippen LogP contribution in [0.2, 0.25) is 0 Å². The molecular formula is C12H14N4O. The van der Waals surface area contributed by atoms with Crippen LogP contribution < -0.4 is 11.0 Å². The van der Waals surface area contributed by atoms with Gasteiger partial charge in [-0.2, -0.15) is 5.26 Å². The van der Waals surface area contributed by atoms with E-state index in [-0.39, 0.29) is 11.7 Å². The number of rotatable bonds is 4. The van der Waals surface area contributed by atoms with Crippen LogP contribution in [0.5, 0.6) is 0 Å². The second kappa shape index (κ2) is 4.85. The monoisotopic (exact) mass is 230 g/mol. The average Bonchev–Trinajstić information content (AvgIpc) is 2.68. The third-order valence-corrected chi connectivity index (χ3v) is 2.73. The summed E-state index contributed by atoms with van der Waals surface area (Å²) in [6, 6.07) is 8.04. The van der Waals surface area contributed by atoms with Crippen molar-refractivity contribution in [2.24, 2.45) is 0 Å². The fourth-order valence-electron chi connectivity index (χ4n) is 1.78. The molecule has 0 aliphatic heterocycles. The second-order valence-electron chi connectivity index (χ2n) is 3.97. The summed E-state index contributed by atoms with van der Waals surface area (Å²) < 4.78 is 0. The molecule has 3 N–H and O–H groups in total. The molecule has 0 amide bonds. The fourth-order valence-corrected chi connectivity index (χ4v) is 1.78. The molecule has 88 valence electrons. The summed E-state index contributed by atoms with van der Waals surface area (Å²) in [5.41, 5.74) is 2.51. The van der Waals surface area contributed by atoms with Crippen LogP contribution in [0.1, 0.15) is 24.9 Å². The lowest BCUT2D eigenvalue weighted by Gasteiger charge is -2.12. The van der Waals surface area contributed by atoms with Gasteiger partial charge in [0.15, 0.2) is 0 Å². The number of nitrogens with one attached hydrogen (secondary N) is 3. The van der Waals surface area contributed by atoms with Crippen molar-refractivity contribution in [2.75, 3.05) is 6.54 Å². The Morgan fingerprint density at radius 2 is 2.18 bits per heavy atom. The van der Waals surface area contributed by atoms with Crippen LogP contribution in [0.3, 0.4) is 0 Å². The van der Waals surface area contributed by atoms with E-state index in [1.54, 1.807) is 0 Å². The summed E-state index contributed by atoms with van der Waals surface area (Å²) in [7, 11) is 0. The van der Waals surface area contributed by atoms with Crippen molar-refractivity contribution in [3.63, 3.8) is 0 Å². The number of nitrogens with zero attached hydrogens (tertiary/aromatic N) is 1. The Labute approximate surface area is 98.5 Å². The van der Waals surface area contributed by atoms with E-state index < -0.39 is 0 Å². The van der Waals surface area contributed by atoms with Crippen LogP contribution >= 0.6 is 0 Å². The second-order valence-corrected chi connectivity index (χ2v) is 3.97. The minimum atomic E-state index is -0.192. The van der Waals surface area contributed by atoms with E-state index >= 15 is 0 Å². The van der Waals surface area contributed by atoms with Crippen molar-refractivity contribution in [1.82, 2.24) is 15.3 Å². The Hall–Kier alpha value is -2.06. The van der Waals surface area contributed by atoms with Crippen LogP contribution in [-0.2, 0) is 0 Å². The molecule has 1 aromatic carbocycles. The van der Waals surface area contributed by atoms with Crippen LogP contribution in [0, 0.1) is 11.3 Å². The summed E-state index contributed by atoms with van der Waals surface area (Å²) in [6.45, 7) is 2.70. The SMILES string of the molecule is CC(NCCC#N)c1ccc2[nH]c(=O)[nH]c2c1. The van der Waals surface area contributed by atoms with E-state index in [1.807, 2.05) is 25.1 Å². The average molecular weight is 230 g/mol. The summed E-state index contributed by atoms with van der Waals surface area (Å²) in [4.78, 5) is 16.6. The summed E-state index contributed by atoms with van der Waals surface area (Å²) in [5.74, 6) is 0. The lowest BCUT2D eigenvalue weighted by molar-refractivity contribution is 0.583. The minimum absolute atomic E-state index is 0.158. The zero-order valence-corrected chi connectivity index (χ0v) is 9.58. The molecule has 0 saturated carbocycles. The topological polar surface area (TPSA) is 84.5 Å². The summed E-state index contributed by atoms with van der Waals surface area (Å²) in [5, 5.41) is 11.7. The third kappa shape index (κ3) is 2.55. The zero-order chi connectivity index (χ0) is 12.3. The molecule has 0 spiro atoms. The van der Waals surface area contributed by atoms with Gasteiger partial charge in [-0.3, -0.25) is 0 Å². The van der Waals surface area contributed by atoms with E-state index in [0.29, 0.717) is 13.0 Å². The molecule has 5 nitrogen and oxygen atoms in total. The standard InChI is InChI=1S/C12H14N4O/c1-8(14-6-2-5-13)9-3-4-10-11(7-9)16-12(17)15-10/h3-4,7-8,14H,2,6H2,1H3,(H2,15,16,17). The van der Waals surface area contributed by atoms with Gasteiger partial charge in [0.2, 0.25) is 0 Å². The number of hydrogen-bond donors (Lipinski definition) is 3. The lowest BCUT2D eigenvalue weighted by atomic mass is 10.1. The first-order valence-corrected chi connectivity index (χ1v) is 5.53. The van der Waals surface area contributed by atoms with E-state index in [0.717, 1.165) is 16.6 Å². The quantitative estimate of drug-likeness (QED) is 0.694. The molecule has 5 heteroatoms. The maximum Gasteiger partial charge on any atom is 0.323 e. The molecule has 1 heterocycles. The number of benzene rings is 1. The summed E-state index contributed by atoms with van der Waals surface area (Å²) in [6.07, 6.45) is 0.494. The molecule has 1 atom stereocenters. The smallest absolute Gasteiger partial charge is 0.309 e. The van der Waals surface area contributed by atoms with Crippen LogP contribution in [-0.4, -0.2) is 16.5 Å². The van der Waals surface area contributed by atoms with E-state index in [9.17, 15) is 4.79 Å². The molecule has 0 bridgehead atoms. The number of fused-ring (bicyclic) bond motifs is 1. The molecule has 0 fully saturated rings. The Kier molecular flexibility index (Phi) is 3.26. The van der Waals surface area contributed by atoms with Gasteiger partial charge in [0.05, 0.1) is 17.1 Å². The molecule has 2 rings (SSSR count). The number of aromatic amines is 2. The Morgan fingerprint density at radius 1 is 1.41 bits per heavy atom. The van der Waals surface area contributed by atoms with Crippen molar-refractivity contribution < 1.29 is 0 Å². The zero-order valence-electron chi connectivity index (χ0n) is 9.58. The van der Waals surface area contributed by atoms with Crippen molar-refractivity contribution in [1.29, 1.82) is 5.26 Å². The molecule has 0 radical (unpaired) electrons. The van der Waals surface area contributed by atoms with Gasteiger partial charge < -0.3 is 15.3 Å². The summed E-state index contributed by atoms with van der Waals surface area (Å²) >= 11 is 0. The number of aromatic nitrogens is 2. The van der Waals surface area contributed by atoms with Gasteiger partial charge in [-0.1, -0.05) is 6.07 Å². The first kappa shape index (κ1) is 11.4. The van der Waals surface area contributed by atoms with Crippen LogP contribution in [0.15, 0.2) is 23.0 Å². The molecule has 0 aliphatic rings. The molecule has 1 aromatic heterocycles. The van der Waals surface area contributed by atoms with Gasteiger partial charge >= 0.3 is 5.69 Å². The molecule has 1 unspecified atom stereocenters. The number of nitriles is 1. The highest BCUT2D eigenvalue weighted by atomic mass is 16.1. The molecule has 2 aromatic rings. The van der Waals surface area contributed by atoms with Gasteiger partial charge in [-0.25, -0.2) is 4.79 Å². The Balaban J connectivity index is 2.18. The maximum atomic E-state index is 11.1. The van der Waals surface area contributed by atoms with Crippen LogP contribution in [0.4, 0.5) is 0 Å². The largest absolute Gasteiger partial charge is 0.323 e. The van der Waals surface area contributed by atoms with E-state index in [4.69, 9.17) is 5.26 Å². The number of imidazole rings is 1. The molecule has 0 aliphatic carbocycles. The van der Waals surface area contributed by atoms with Crippen molar-refractivity contribution in [2.45, 2.75) is 19.4 Å². The molecule has 0 saturated heterocycles. The first-order chi connectivity index (χ1) is 8.20. The highest BCUT2D eigenvalue weighted by molar-refractivity contribution is 5.75. The third-order valence-electron chi connectivity index (χ3n) is 2.73.